The number of anilines is 3. The van der Waals surface area contributed by atoms with Crippen molar-refractivity contribution in [1.29, 1.82) is 0 Å². The van der Waals surface area contributed by atoms with Crippen LogP contribution in [0.25, 0.3) is 5.69 Å². The van der Waals surface area contributed by atoms with Gasteiger partial charge in [0.05, 0.1) is 64.6 Å². The number of amides is 1. The van der Waals surface area contributed by atoms with Crippen LogP contribution < -0.4 is 24.4 Å². The largest absolute Gasteiger partial charge is 0.493 e. The van der Waals surface area contributed by atoms with Gasteiger partial charge in [-0.25, -0.2) is 14.8 Å². The van der Waals surface area contributed by atoms with Crippen molar-refractivity contribution in [3.8, 4) is 22.9 Å². The predicted octanol–water partition coefficient (Wildman–Crippen LogP) is 3.64. The van der Waals surface area contributed by atoms with E-state index in [4.69, 9.17) is 28.9 Å². The van der Waals surface area contributed by atoms with Crippen LogP contribution in [-0.2, 0) is 17.8 Å². The molecule has 1 amide bonds. The maximum Gasteiger partial charge on any atom is 0.410 e. The minimum absolute atomic E-state index is 0.0203. The summed E-state index contributed by atoms with van der Waals surface area (Å²) >= 11 is 0. The van der Waals surface area contributed by atoms with Crippen LogP contribution in [0.2, 0.25) is 0 Å². The molecule has 1 unspecified atom stereocenters. The van der Waals surface area contributed by atoms with Gasteiger partial charge >= 0.3 is 6.09 Å². The number of carbonyl (C=O) groups is 1. The fourth-order valence-electron chi connectivity index (χ4n) is 5.08. The summed E-state index contributed by atoms with van der Waals surface area (Å²) in [6.07, 6.45) is 4.88. The predicted molar refractivity (Wildman–Crippen MR) is 151 cm³/mol. The average molecular weight is 568 g/mol. The molecule has 1 saturated heterocycles. The number of aliphatic hydroxyl groups is 1. The number of aromatic nitrogens is 4. The van der Waals surface area contributed by atoms with Gasteiger partial charge in [0.15, 0.2) is 11.5 Å². The molecule has 0 saturated carbocycles. The Balaban J connectivity index is 1.47. The summed E-state index contributed by atoms with van der Waals surface area (Å²) in [6, 6.07) is 3.60. The van der Waals surface area contributed by atoms with Crippen molar-refractivity contribution in [2.75, 3.05) is 44.7 Å². The van der Waals surface area contributed by atoms with Crippen molar-refractivity contribution < 1.29 is 28.8 Å². The highest BCUT2D eigenvalue weighted by atomic mass is 16.6. The van der Waals surface area contributed by atoms with E-state index in [2.05, 4.69) is 10.3 Å². The van der Waals surface area contributed by atoms with Gasteiger partial charge in [-0.2, -0.15) is 4.98 Å². The second-order valence-corrected chi connectivity index (χ2v) is 11.0. The molecule has 2 N–H and O–H groups in total. The van der Waals surface area contributed by atoms with Gasteiger partial charge in [-0.15, -0.1) is 0 Å². The van der Waals surface area contributed by atoms with E-state index >= 15 is 0 Å². The van der Waals surface area contributed by atoms with Crippen LogP contribution in [0.15, 0.2) is 24.7 Å². The SMILES string of the molecule is COc1cc(-n2cnc(Nc3nc(N4CCCC4CO)nc4c3CN(C(=O)OC(C)(C)C)C4)c2)cc(OC)c1OC. The zero-order valence-electron chi connectivity index (χ0n) is 24.3. The number of nitrogens with zero attached hydrogens (tertiary/aromatic N) is 6. The molecule has 220 valence electrons. The summed E-state index contributed by atoms with van der Waals surface area (Å²) in [5.41, 5.74) is 1.66. The molecule has 0 spiro atoms. The van der Waals surface area contributed by atoms with E-state index in [1.54, 1.807) is 32.6 Å². The molecule has 1 fully saturated rings. The number of aliphatic hydroxyl groups excluding tert-OH is 1. The first kappa shape index (κ1) is 28.3. The van der Waals surface area contributed by atoms with Crippen molar-refractivity contribution in [1.82, 2.24) is 24.4 Å². The third-order valence-corrected chi connectivity index (χ3v) is 7.04. The Labute approximate surface area is 239 Å². The van der Waals surface area contributed by atoms with Gasteiger partial charge in [0.2, 0.25) is 11.7 Å². The van der Waals surface area contributed by atoms with Crippen LogP contribution in [0.4, 0.5) is 22.4 Å². The zero-order valence-corrected chi connectivity index (χ0v) is 24.3. The van der Waals surface area contributed by atoms with Crippen molar-refractivity contribution in [3.63, 3.8) is 0 Å². The normalized spacial score (nSPS) is 16.5. The minimum Gasteiger partial charge on any atom is -0.493 e. The van der Waals surface area contributed by atoms with Crippen LogP contribution in [0.3, 0.4) is 0 Å². The molecule has 2 aliphatic heterocycles. The topological polar surface area (TPSA) is 136 Å². The molecular weight excluding hydrogens is 530 g/mol. The number of nitrogens with one attached hydrogen (secondary N) is 1. The molecule has 13 nitrogen and oxygen atoms in total. The summed E-state index contributed by atoms with van der Waals surface area (Å²) in [5.74, 6) is 3.15. The van der Waals surface area contributed by atoms with E-state index in [0.29, 0.717) is 47.9 Å². The minimum atomic E-state index is -0.618. The first-order valence-corrected chi connectivity index (χ1v) is 13.5. The van der Waals surface area contributed by atoms with Gasteiger partial charge < -0.3 is 38.8 Å². The van der Waals surface area contributed by atoms with Gasteiger partial charge in [0, 0.05) is 24.2 Å². The van der Waals surface area contributed by atoms with E-state index in [9.17, 15) is 9.90 Å². The third-order valence-electron chi connectivity index (χ3n) is 7.04. The number of carbonyl (C=O) groups excluding carboxylic acids is 1. The highest BCUT2D eigenvalue weighted by Gasteiger charge is 2.34. The Bertz CT molecular complexity index is 1390. The summed E-state index contributed by atoms with van der Waals surface area (Å²) in [6.45, 7) is 6.88. The van der Waals surface area contributed by atoms with E-state index in [1.807, 2.05) is 48.6 Å². The Morgan fingerprint density at radius 1 is 1.10 bits per heavy atom. The average Bonchev–Trinajstić information content (AvgIpc) is 3.70. The van der Waals surface area contributed by atoms with Gasteiger partial charge in [-0.05, 0) is 33.6 Å². The van der Waals surface area contributed by atoms with Gasteiger partial charge in [-0.3, -0.25) is 4.90 Å². The van der Waals surface area contributed by atoms with Crippen molar-refractivity contribution in [2.24, 2.45) is 0 Å². The summed E-state index contributed by atoms with van der Waals surface area (Å²) in [4.78, 5) is 30.8. The van der Waals surface area contributed by atoms with E-state index in [1.165, 1.54) is 0 Å². The van der Waals surface area contributed by atoms with Crippen molar-refractivity contribution in [2.45, 2.75) is 58.3 Å². The molecule has 13 heteroatoms. The highest BCUT2D eigenvalue weighted by Crippen LogP contribution is 2.39. The van der Waals surface area contributed by atoms with Gasteiger partial charge in [0.1, 0.15) is 23.6 Å². The Hall–Kier alpha value is -4.26. The van der Waals surface area contributed by atoms with Crippen molar-refractivity contribution in [3.05, 3.63) is 35.9 Å². The Kier molecular flexibility index (Phi) is 7.80. The molecule has 3 aromatic rings. The maximum absolute atomic E-state index is 12.9. The third kappa shape index (κ3) is 5.80. The number of fused-ring (bicyclic) bond motifs is 1. The molecule has 41 heavy (non-hydrogen) atoms. The first-order chi connectivity index (χ1) is 19.6. The number of hydrogen-bond donors (Lipinski definition) is 2. The van der Waals surface area contributed by atoms with E-state index in [0.717, 1.165) is 36.3 Å². The quantitative estimate of drug-likeness (QED) is 0.413. The maximum atomic E-state index is 12.9. The molecule has 0 aliphatic carbocycles. The van der Waals surface area contributed by atoms with Crippen molar-refractivity contribution >= 4 is 23.7 Å². The van der Waals surface area contributed by atoms with Gasteiger partial charge in [-0.1, -0.05) is 0 Å². The summed E-state index contributed by atoms with van der Waals surface area (Å²) in [5, 5.41) is 13.3. The Morgan fingerprint density at radius 3 is 2.46 bits per heavy atom. The fraction of sp³-hybridized carbons (Fsp3) is 0.500. The molecule has 0 bridgehead atoms. The number of ether oxygens (including phenoxy) is 4. The van der Waals surface area contributed by atoms with E-state index in [-0.39, 0.29) is 12.6 Å². The lowest BCUT2D eigenvalue weighted by molar-refractivity contribution is 0.0241. The van der Waals surface area contributed by atoms with Crippen LogP contribution in [-0.4, -0.2) is 81.7 Å². The molecule has 1 atom stereocenters. The van der Waals surface area contributed by atoms with Crippen LogP contribution in [0.1, 0.15) is 44.9 Å². The number of hydrogen-bond acceptors (Lipinski definition) is 11. The molecular formula is C28H37N7O6. The second kappa shape index (κ2) is 11.3. The number of imidazole rings is 1. The summed E-state index contributed by atoms with van der Waals surface area (Å²) < 4.78 is 23.9. The molecule has 2 aliphatic rings. The van der Waals surface area contributed by atoms with E-state index < -0.39 is 11.7 Å². The Morgan fingerprint density at radius 2 is 1.83 bits per heavy atom. The summed E-state index contributed by atoms with van der Waals surface area (Å²) in [7, 11) is 4.69. The van der Waals surface area contributed by atoms with Crippen LogP contribution >= 0.6 is 0 Å². The fourth-order valence-corrected chi connectivity index (χ4v) is 5.08. The monoisotopic (exact) mass is 567 g/mol. The lowest BCUT2D eigenvalue weighted by atomic mass is 10.2. The lowest BCUT2D eigenvalue weighted by Crippen LogP contribution is -2.34. The first-order valence-electron chi connectivity index (χ1n) is 13.5. The lowest BCUT2D eigenvalue weighted by Gasteiger charge is -2.24. The molecule has 2 aromatic heterocycles. The van der Waals surface area contributed by atoms with Gasteiger partial charge in [0.25, 0.3) is 0 Å². The van der Waals surface area contributed by atoms with Crippen LogP contribution in [0.5, 0.6) is 17.2 Å². The molecule has 0 radical (unpaired) electrons. The number of benzene rings is 1. The molecule has 1 aromatic carbocycles. The number of rotatable bonds is 8. The smallest absolute Gasteiger partial charge is 0.410 e. The standard InChI is InChI=1S/C28H37N7O6/c1-28(2,3)41-27(37)33-12-19-20(13-33)30-26(35-9-7-8-17(35)15-36)32-25(19)31-23-14-34(16-29-23)18-10-21(38-4)24(40-6)22(11-18)39-5/h10-11,14,16-17,36H,7-9,12-13,15H2,1-6H3,(H,30,31,32). The second-order valence-electron chi connectivity index (χ2n) is 11.0. The number of methoxy groups -OCH3 is 3. The molecule has 4 heterocycles. The molecule has 5 rings (SSSR count). The van der Waals surface area contributed by atoms with Crippen LogP contribution in [0, 0.1) is 0 Å². The zero-order chi connectivity index (χ0) is 29.3. The highest BCUT2D eigenvalue weighted by molar-refractivity contribution is 5.71.